The molecule has 4 nitrogen and oxygen atoms in total. The summed E-state index contributed by atoms with van der Waals surface area (Å²) in [5.41, 5.74) is 1.52. The Morgan fingerprint density at radius 3 is 2.79 bits per heavy atom. The van der Waals surface area contributed by atoms with E-state index in [2.05, 4.69) is 20.8 Å². The van der Waals surface area contributed by atoms with E-state index in [4.69, 9.17) is 9.47 Å². The minimum atomic E-state index is -0.473. The smallest absolute Gasteiger partial charge is 0.434 e. The Morgan fingerprint density at radius 2 is 2.03 bits per heavy atom. The lowest BCUT2D eigenvalue weighted by molar-refractivity contribution is -0.117. The van der Waals surface area contributed by atoms with Crippen molar-refractivity contribution in [3.63, 3.8) is 0 Å². The molecule has 3 saturated carbocycles. The number of rotatable bonds is 5. The highest BCUT2D eigenvalue weighted by Crippen LogP contribution is 2.64. The van der Waals surface area contributed by atoms with Gasteiger partial charge in [0.1, 0.15) is 6.10 Å². The quantitative estimate of drug-likeness (QED) is 0.413. The van der Waals surface area contributed by atoms with Gasteiger partial charge in [-0.3, -0.25) is 4.79 Å². The summed E-state index contributed by atoms with van der Waals surface area (Å²) in [7, 11) is 0. The van der Waals surface area contributed by atoms with Gasteiger partial charge >= 0.3 is 6.16 Å². The van der Waals surface area contributed by atoms with Gasteiger partial charge in [-0.15, -0.1) is 0 Å². The molecule has 0 heterocycles. The van der Waals surface area contributed by atoms with E-state index >= 15 is 0 Å². The van der Waals surface area contributed by atoms with E-state index in [1.807, 2.05) is 6.08 Å². The van der Waals surface area contributed by atoms with Crippen LogP contribution in [0.3, 0.4) is 0 Å². The summed E-state index contributed by atoms with van der Waals surface area (Å²) in [6.45, 7) is 7.23. The molecule has 4 heteroatoms. The first kappa shape index (κ1) is 20.9. The first-order valence-corrected chi connectivity index (χ1v) is 12.0. The van der Waals surface area contributed by atoms with Crippen molar-refractivity contribution in [2.45, 2.75) is 91.1 Å². The number of ketones is 1. The number of hydrogen-bond donors (Lipinski definition) is 0. The molecular formula is C25H38O4. The Kier molecular flexibility index (Phi) is 6.09. The normalized spacial score (nSPS) is 41.1. The molecule has 3 fully saturated rings. The molecule has 0 bridgehead atoms. The summed E-state index contributed by atoms with van der Waals surface area (Å²) in [5, 5.41) is 0. The van der Waals surface area contributed by atoms with Crippen LogP contribution in [0.4, 0.5) is 4.79 Å². The summed E-state index contributed by atoms with van der Waals surface area (Å²) >= 11 is 0. The summed E-state index contributed by atoms with van der Waals surface area (Å²) in [5.74, 6) is 3.65. The molecule has 0 spiro atoms. The molecule has 0 aromatic rings. The Balaban J connectivity index is 1.50. The van der Waals surface area contributed by atoms with Gasteiger partial charge in [0.15, 0.2) is 5.78 Å². The van der Waals surface area contributed by atoms with Gasteiger partial charge in [-0.1, -0.05) is 39.2 Å². The fraction of sp³-hybridized carbons (Fsp3) is 0.840. The van der Waals surface area contributed by atoms with E-state index in [9.17, 15) is 9.59 Å². The fourth-order valence-electron chi connectivity index (χ4n) is 7.39. The lowest BCUT2D eigenvalue weighted by Crippen LogP contribution is -2.51. The second kappa shape index (κ2) is 8.43. The number of unbranched alkanes of at least 4 members (excludes halogenated alkanes) is 1. The van der Waals surface area contributed by atoms with Crippen molar-refractivity contribution in [2.24, 2.45) is 35.0 Å². The second-order valence-electron chi connectivity index (χ2n) is 10.2. The molecule has 0 amide bonds. The molecule has 4 aliphatic rings. The van der Waals surface area contributed by atoms with E-state index in [1.165, 1.54) is 18.4 Å². The van der Waals surface area contributed by atoms with Gasteiger partial charge in [0.05, 0.1) is 6.61 Å². The second-order valence-corrected chi connectivity index (χ2v) is 10.2. The van der Waals surface area contributed by atoms with Crippen molar-refractivity contribution in [1.82, 2.24) is 0 Å². The average molecular weight is 403 g/mol. The highest BCUT2D eigenvalue weighted by molar-refractivity contribution is 5.91. The molecular weight excluding hydrogens is 364 g/mol. The molecule has 0 radical (unpaired) electrons. The predicted molar refractivity (Wildman–Crippen MR) is 112 cm³/mol. The van der Waals surface area contributed by atoms with E-state index in [1.54, 1.807) is 0 Å². The average Bonchev–Trinajstić information content (AvgIpc) is 3.03. The topological polar surface area (TPSA) is 52.6 Å². The Bertz CT molecular complexity index is 668. The van der Waals surface area contributed by atoms with Gasteiger partial charge in [0, 0.05) is 11.8 Å². The van der Waals surface area contributed by atoms with Crippen LogP contribution in [-0.2, 0) is 14.3 Å². The van der Waals surface area contributed by atoms with Crippen LogP contribution >= 0.6 is 0 Å². The van der Waals surface area contributed by atoms with E-state index < -0.39 is 6.16 Å². The summed E-state index contributed by atoms with van der Waals surface area (Å²) in [6.07, 6.45) is 11.9. The number of fused-ring (bicyclic) bond motifs is 5. The molecule has 0 saturated heterocycles. The van der Waals surface area contributed by atoms with Gasteiger partial charge in [-0.2, -0.15) is 0 Å². The third-order valence-electron chi connectivity index (χ3n) is 8.86. The molecule has 0 aromatic carbocycles. The highest BCUT2D eigenvalue weighted by atomic mass is 16.7. The van der Waals surface area contributed by atoms with E-state index in [-0.39, 0.29) is 11.5 Å². The van der Waals surface area contributed by atoms with Crippen LogP contribution in [0.25, 0.3) is 0 Å². The van der Waals surface area contributed by atoms with Crippen molar-refractivity contribution in [1.29, 1.82) is 0 Å². The fourth-order valence-corrected chi connectivity index (χ4v) is 7.39. The van der Waals surface area contributed by atoms with Crippen molar-refractivity contribution in [3.8, 4) is 0 Å². The summed E-state index contributed by atoms with van der Waals surface area (Å²) in [6, 6.07) is 0. The Labute approximate surface area is 175 Å². The lowest BCUT2D eigenvalue weighted by Gasteiger charge is -2.56. The summed E-state index contributed by atoms with van der Waals surface area (Å²) < 4.78 is 11.2. The van der Waals surface area contributed by atoms with Gasteiger partial charge in [0.2, 0.25) is 0 Å². The maximum Gasteiger partial charge on any atom is 0.508 e. The van der Waals surface area contributed by atoms with Crippen LogP contribution in [0.2, 0.25) is 0 Å². The van der Waals surface area contributed by atoms with Crippen LogP contribution in [0.15, 0.2) is 11.6 Å². The SMILES string of the molecule is CCCCOC(=O)O[C@H]1CCC2C3C(CC[C@@]21C)C1CCC(=O)C=C1C[C@@H]3CC. The maximum atomic E-state index is 12.2. The van der Waals surface area contributed by atoms with Gasteiger partial charge in [0.25, 0.3) is 0 Å². The first-order valence-electron chi connectivity index (χ1n) is 12.0. The molecule has 0 N–H and O–H groups in total. The summed E-state index contributed by atoms with van der Waals surface area (Å²) in [4.78, 5) is 24.2. The molecule has 4 aliphatic carbocycles. The molecule has 29 heavy (non-hydrogen) atoms. The zero-order valence-corrected chi connectivity index (χ0v) is 18.5. The molecule has 4 unspecified atom stereocenters. The zero-order chi connectivity index (χ0) is 20.6. The largest absolute Gasteiger partial charge is 0.508 e. The molecule has 7 atom stereocenters. The third-order valence-corrected chi connectivity index (χ3v) is 8.86. The Morgan fingerprint density at radius 1 is 1.21 bits per heavy atom. The van der Waals surface area contributed by atoms with Crippen LogP contribution in [0, 0.1) is 35.0 Å². The maximum absolute atomic E-state index is 12.2. The van der Waals surface area contributed by atoms with Crippen molar-refractivity contribution in [2.75, 3.05) is 6.61 Å². The lowest BCUT2D eigenvalue weighted by atomic mass is 9.49. The van der Waals surface area contributed by atoms with E-state index in [0.717, 1.165) is 51.4 Å². The highest BCUT2D eigenvalue weighted by Gasteiger charge is 2.59. The van der Waals surface area contributed by atoms with Crippen LogP contribution < -0.4 is 0 Å². The van der Waals surface area contributed by atoms with Gasteiger partial charge < -0.3 is 9.47 Å². The zero-order valence-electron chi connectivity index (χ0n) is 18.5. The minimum Gasteiger partial charge on any atom is -0.434 e. The standard InChI is InChI=1S/C25H38O4/c1-4-6-13-28-24(27)29-22-10-9-21-23-16(5-2)14-17-15-18(26)7-8-19(17)20(23)11-12-25(21,22)3/h15-16,19-23H,4-14H2,1-3H3/t16-,19?,20?,21?,22-,23?,25-/m0/s1. The number of allylic oxidation sites excluding steroid dienone is 1. The van der Waals surface area contributed by atoms with Crippen LogP contribution in [0.1, 0.15) is 85.0 Å². The number of carbonyl (C=O) groups is 2. The monoisotopic (exact) mass is 402 g/mol. The van der Waals surface area contributed by atoms with Gasteiger partial charge in [-0.25, -0.2) is 4.79 Å². The van der Waals surface area contributed by atoms with Crippen molar-refractivity contribution < 1.29 is 19.1 Å². The minimum absolute atomic E-state index is 0.00930. The molecule has 4 rings (SSSR count). The molecule has 0 aromatic heterocycles. The van der Waals surface area contributed by atoms with Crippen LogP contribution in [-0.4, -0.2) is 24.6 Å². The third kappa shape index (κ3) is 3.77. The van der Waals surface area contributed by atoms with Crippen molar-refractivity contribution in [3.05, 3.63) is 11.6 Å². The molecule has 0 aliphatic heterocycles. The predicted octanol–water partition coefficient (Wildman–Crippen LogP) is 6.09. The van der Waals surface area contributed by atoms with Gasteiger partial charge in [-0.05, 0) is 80.6 Å². The number of hydrogen-bond acceptors (Lipinski definition) is 4. The molecule has 162 valence electrons. The first-order chi connectivity index (χ1) is 14.0. The number of ether oxygens (including phenoxy) is 2. The van der Waals surface area contributed by atoms with Crippen molar-refractivity contribution >= 4 is 11.9 Å². The van der Waals surface area contributed by atoms with E-state index in [0.29, 0.717) is 42.0 Å². The van der Waals surface area contributed by atoms with Crippen LogP contribution in [0.5, 0.6) is 0 Å². The number of carbonyl (C=O) groups excluding carboxylic acids is 2. The Hall–Kier alpha value is -1.32.